The van der Waals surface area contributed by atoms with E-state index < -0.39 is 0 Å². The Hall–Kier alpha value is -1.69. The molecule has 2 aliphatic rings. The summed E-state index contributed by atoms with van der Waals surface area (Å²) in [6, 6.07) is 0.390. The summed E-state index contributed by atoms with van der Waals surface area (Å²) in [4.78, 5) is 23.6. The van der Waals surface area contributed by atoms with Crippen molar-refractivity contribution in [2.24, 2.45) is 11.8 Å². The third-order valence-corrected chi connectivity index (χ3v) is 4.08. The molecule has 0 bridgehead atoms. The molecule has 0 aromatic carbocycles. The monoisotopic (exact) mass is 289 g/mol. The second-order valence-electron chi connectivity index (χ2n) is 6.42. The van der Waals surface area contributed by atoms with Crippen molar-refractivity contribution in [3.05, 3.63) is 17.7 Å². The second-order valence-corrected chi connectivity index (χ2v) is 6.42. The van der Waals surface area contributed by atoms with Gasteiger partial charge in [-0.25, -0.2) is 9.97 Å². The van der Waals surface area contributed by atoms with Gasteiger partial charge in [0.25, 0.3) is 5.91 Å². The van der Waals surface area contributed by atoms with Crippen molar-refractivity contribution in [2.75, 3.05) is 12.0 Å². The molecule has 0 spiro atoms. The average molecular weight is 289 g/mol. The molecule has 0 aliphatic heterocycles. The molecule has 2 fully saturated rings. The Balaban J connectivity index is 1.88. The molecule has 3 rings (SSSR count). The van der Waals surface area contributed by atoms with Gasteiger partial charge in [0.15, 0.2) is 5.69 Å². The summed E-state index contributed by atoms with van der Waals surface area (Å²) in [5.41, 5.74) is 3.46. The van der Waals surface area contributed by atoms with Crippen LogP contribution >= 0.6 is 0 Å². The number of anilines is 1. The van der Waals surface area contributed by atoms with E-state index in [0.717, 1.165) is 19.4 Å². The van der Waals surface area contributed by atoms with Gasteiger partial charge in [0, 0.05) is 18.5 Å². The Labute approximate surface area is 125 Å². The van der Waals surface area contributed by atoms with E-state index >= 15 is 0 Å². The quantitative estimate of drug-likeness (QED) is 0.617. The average Bonchev–Trinajstić information content (AvgIpc) is 3.36. The fourth-order valence-electron chi connectivity index (χ4n) is 2.44. The summed E-state index contributed by atoms with van der Waals surface area (Å²) in [6.45, 7) is 4.89. The molecule has 1 aromatic heterocycles. The number of nitrogens with one attached hydrogen (secondary N) is 1. The molecule has 2 aliphatic carbocycles. The van der Waals surface area contributed by atoms with E-state index in [2.05, 4.69) is 15.4 Å². The van der Waals surface area contributed by atoms with Gasteiger partial charge in [0.2, 0.25) is 0 Å². The summed E-state index contributed by atoms with van der Waals surface area (Å²) in [7, 11) is 0. The molecule has 1 amide bonds. The van der Waals surface area contributed by atoms with Crippen LogP contribution in [0.2, 0.25) is 0 Å². The number of nitrogen functional groups attached to an aromatic ring is 1. The van der Waals surface area contributed by atoms with Crippen LogP contribution in [0.4, 0.5) is 5.69 Å². The molecule has 1 aromatic rings. The molecule has 1 heterocycles. The van der Waals surface area contributed by atoms with Crippen molar-refractivity contribution in [2.45, 2.75) is 51.5 Å². The van der Waals surface area contributed by atoms with E-state index in [-0.39, 0.29) is 11.8 Å². The topological polar surface area (TPSA) is 84.1 Å². The van der Waals surface area contributed by atoms with Crippen molar-refractivity contribution in [1.82, 2.24) is 14.9 Å². The Morgan fingerprint density at radius 1 is 1.43 bits per heavy atom. The van der Waals surface area contributed by atoms with E-state index in [1.54, 1.807) is 6.20 Å². The maximum absolute atomic E-state index is 12.9. The van der Waals surface area contributed by atoms with E-state index in [1.165, 1.54) is 12.8 Å². The lowest BCUT2D eigenvalue weighted by atomic mass is 10.2. The number of hydrazine groups is 1. The summed E-state index contributed by atoms with van der Waals surface area (Å²) >= 11 is 0. The Morgan fingerprint density at radius 3 is 2.67 bits per heavy atom. The molecule has 0 saturated heterocycles. The lowest BCUT2D eigenvalue weighted by Crippen LogP contribution is -2.36. The molecule has 0 radical (unpaired) electrons. The molecule has 0 atom stereocenters. The highest BCUT2D eigenvalue weighted by molar-refractivity contribution is 5.97. The predicted molar refractivity (Wildman–Crippen MR) is 80.7 cm³/mol. The highest BCUT2D eigenvalue weighted by atomic mass is 16.2. The molecule has 0 unspecified atom stereocenters. The van der Waals surface area contributed by atoms with Gasteiger partial charge in [0.05, 0.1) is 11.9 Å². The van der Waals surface area contributed by atoms with Crippen molar-refractivity contribution in [3.63, 3.8) is 0 Å². The second kappa shape index (κ2) is 5.60. The van der Waals surface area contributed by atoms with Gasteiger partial charge in [-0.1, -0.05) is 13.8 Å². The van der Waals surface area contributed by atoms with E-state index in [1.807, 2.05) is 18.7 Å². The summed E-state index contributed by atoms with van der Waals surface area (Å²) < 4.78 is 0. The first-order chi connectivity index (χ1) is 10.1. The fourth-order valence-corrected chi connectivity index (χ4v) is 2.44. The number of aromatic nitrogens is 2. The van der Waals surface area contributed by atoms with Crippen molar-refractivity contribution in [1.29, 1.82) is 0 Å². The summed E-state index contributed by atoms with van der Waals surface area (Å²) in [5.74, 6) is 7.04. The van der Waals surface area contributed by atoms with Crippen molar-refractivity contribution < 1.29 is 4.79 Å². The zero-order chi connectivity index (χ0) is 15.0. The number of nitrogens with two attached hydrogens (primary N) is 1. The molecule has 6 nitrogen and oxygen atoms in total. The normalized spacial score (nSPS) is 17.9. The number of hydrogen-bond acceptors (Lipinski definition) is 5. The third kappa shape index (κ3) is 3.15. The van der Waals surface area contributed by atoms with Gasteiger partial charge in [-0.2, -0.15) is 0 Å². The standard InChI is InChI=1S/C15H23N5O/c1-9(2)14-17-7-12(19-16)13(18-14)15(21)20(11-5-6-11)8-10-3-4-10/h7,9-11,19H,3-6,8,16H2,1-2H3. The lowest BCUT2D eigenvalue weighted by molar-refractivity contribution is 0.0729. The first kappa shape index (κ1) is 14.3. The van der Waals surface area contributed by atoms with Crippen LogP contribution in [0.3, 0.4) is 0 Å². The molecular formula is C15H23N5O. The molecule has 3 N–H and O–H groups in total. The fraction of sp³-hybridized carbons (Fsp3) is 0.667. The number of nitrogens with zero attached hydrogens (tertiary/aromatic N) is 3. The van der Waals surface area contributed by atoms with Gasteiger partial charge < -0.3 is 10.3 Å². The number of rotatable bonds is 6. The Bertz CT molecular complexity index is 537. The van der Waals surface area contributed by atoms with Crippen LogP contribution in [-0.4, -0.2) is 33.4 Å². The number of hydrogen-bond donors (Lipinski definition) is 2. The van der Waals surface area contributed by atoms with Gasteiger partial charge in [-0.15, -0.1) is 0 Å². The SMILES string of the molecule is CC(C)c1ncc(NN)c(C(=O)N(CC2CC2)C2CC2)n1. The van der Waals surface area contributed by atoms with Crippen LogP contribution < -0.4 is 11.3 Å². The van der Waals surface area contributed by atoms with Crippen molar-refractivity contribution >= 4 is 11.6 Å². The van der Waals surface area contributed by atoms with Crippen LogP contribution in [0.1, 0.15) is 61.8 Å². The van der Waals surface area contributed by atoms with Gasteiger partial charge in [-0.05, 0) is 31.6 Å². The molecule has 21 heavy (non-hydrogen) atoms. The zero-order valence-electron chi connectivity index (χ0n) is 12.7. The maximum Gasteiger partial charge on any atom is 0.275 e. The predicted octanol–water partition coefficient (Wildman–Crippen LogP) is 1.90. The lowest BCUT2D eigenvalue weighted by Gasteiger charge is -2.23. The van der Waals surface area contributed by atoms with E-state index in [0.29, 0.717) is 29.2 Å². The van der Waals surface area contributed by atoms with Gasteiger partial charge in [-0.3, -0.25) is 10.6 Å². The van der Waals surface area contributed by atoms with Gasteiger partial charge >= 0.3 is 0 Å². The van der Waals surface area contributed by atoms with Crippen LogP contribution in [-0.2, 0) is 0 Å². The molecule has 6 heteroatoms. The van der Waals surface area contributed by atoms with E-state index in [4.69, 9.17) is 5.84 Å². The summed E-state index contributed by atoms with van der Waals surface area (Å²) in [6.07, 6.45) is 6.29. The smallest absolute Gasteiger partial charge is 0.275 e. The van der Waals surface area contributed by atoms with Gasteiger partial charge in [0.1, 0.15) is 5.82 Å². The van der Waals surface area contributed by atoms with Crippen LogP contribution in [0.25, 0.3) is 0 Å². The highest BCUT2D eigenvalue weighted by Crippen LogP contribution is 2.36. The first-order valence-corrected chi connectivity index (χ1v) is 7.74. The minimum atomic E-state index is -0.0124. The van der Waals surface area contributed by atoms with Crippen LogP contribution in [0.5, 0.6) is 0 Å². The minimum absolute atomic E-state index is 0.0124. The molecule has 2 saturated carbocycles. The zero-order valence-corrected chi connectivity index (χ0v) is 12.7. The Kier molecular flexibility index (Phi) is 3.80. The van der Waals surface area contributed by atoms with Crippen LogP contribution in [0, 0.1) is 5.92 Å². The number of carbonyl (C=O) groups is 1. The minimum Gasteiger partial charge on any atom is -0.334 e. The Morgan fingerprint density at radius 2 is 2.14 bits per heavy atom. The first-order valence-electron chi connectivity index (χ1n) is 7.74. The highest BCUT2D eigenvalue weighted by Gasteiger charge is 2.38. The maximum atomic E-state index is 12.9. The third-order valence-electron chi connectivity index (χ3n) is 4.08. The van der Waals surface area contributed by atoms with Crippen LogP contribution in [0.15, 0.2) is 6.20 Å². The molecule has 114 valence electrons. The summed E-state index contributed by atoms with van der Waals surface area (Å²) in [5, 5.41) is 0. The van der Waals surface area contributed by atoms with Crippen molar-refractivity contribution in [3.8, 4) is 0 Å². The largest absolute Gasteiger partial charge is 0.334 e. The molecular weight excluding hydrogens is 266 g/mol. The van der Waals surface area contributed by atoms with E-state index in [9.17, 15) is 4.79 Å². The number of amides is 1. The number of carbonyl (C=O) groups excluding carboxylic acids is 1.